The van der Waals surface area contributed by atoms with E-state index in [1.165, 1.54) is 6.07 Å². The maximum atomic E-state index is 12.9. The van der Waals surface area contributed by atoms with E-state index in [1.807, 2.05) is 13.2 Å². The molecule has 0 aliphatic rings. The van der Waals surface area contributed by atoms with Gasteiger partial charge in [-0.3, -0.25) is 4.68 Å². The Kier molecular flexibility index (Phi) is 3.99. The number of anilines is 2. The third kappa shape index (κ3) is 3.43. The summed E-state index contributed by atoms with van der Waals surface area (Å²) in [5.74, 6) is 0. The number of alkyl halides is 2. The van der Waals surface area contributed by atoms with Crippen LogP contribution < -0.4 is 11.1 Å². The van der Waals surface area contributed by atoms with Crippen LogP contribution in [-0.2, 0) is 13.5 Å². The SMILES string of the molecule is Cn1cc(CCNc2ccc(N)cc2C(F)F)cn1. The summed E-state index contributed by atoms with van der Waals surface area (Å²) in [6.07, 6.45) is 1.85. The van der Waals surface area contributed by atoms with Gasteiger partial charge in [-0.1, -0.05) is 0 Å². The lowest BCUT2D eigenvalue weighted by atomic mass is 10.1. The number of aromatic nitrogens is 2. The van der Waals surface area contributed by atoms with Gasteiger partial charge in [0.2, 0.25) is 0 Å². The second kappa shape index (κ2) is 5.69. The molecule has 19 heavy (non-hydrogen) atoms. The Labute approximate surface area is 110 Å². The van der Waals surface area contributed by atoms with E-state index in [4.69, 9.17) is 5.73 Å². The quantitative estimate of drug-likeness (QED) is 0.818. The molecule has 0 atom stereocenters. The second-order valence-electron chi connectivity index (χ2n) is 4.35. The predicted molar refractivity (Wildman–Crippen MR) is 71.2 cm³/mol. The van der Waals surface area contributed by atoms with Crippen LogP contribution in [0.1, 0.15) is 17.6 Å². The summed E-state index contributed by atoms with van der Waals surface area (Å²) in [4.78, 5) is 0. The summed E-state index contributed by atoms with van der Waals surface area (Å²) < 4.78 is 27.4. The van der Waals surface area contributed by atoms with Gasteiger partial charge in [0, 0.05) is 36.7 Å². The van der Waals surface area contributed by atoms with E-state index < -0.39 is 6.43 Å². The number of aryl methyl sites for hydroxylation is 1. The number of hydrogen-bond acceptors (Lipinski definition) is 3. The van der Waals surface area contributed by atoms with Gasteiger partial charge < -0.3 is 11.1 Å². The Hall–Kier alpha value is -2.11. The molecule has 2 rings (SSSR count). The van der Waals surface area contributed by atoms with Crippen molar-refractivity contribution in [3.8, 4) is 0 Å². The fourth-order valence-corrected chi connectivity index (χ4v) is 1.87. The van der Waals surface area contributed by atoms with Crippen molar-refractivity contribution in [2.24, 2.45) is 7.05 Å². The van der Waals surface area contributed by atoms with Gasteiger partial charge in [-0.25, -0.2) is 8.78 Å². The van der Waals surface area contributed by atoms with Gasteiger partial charge in [0.25, 0.3) is 6.43 Å². The van der Waals surface area contributed by atoms with Crippen LogP contribution in [0.3, 0.4) is 0 Å². The molecule has 0 unspecified atom stereocenters. The fourth-order valence-electron chi connectivity index (χ4n) is 1.87. The fraction of sp³-hybridized carbons (Fsp3) is 0.308. The normalized spacial score (nSPS) is 10.9. The highest BCUT2D eigenvalue weighted by molar-refractivity contribution is 5.58. The molecule has 1 heterocycles. The maximum absolute atomic E-state index is 12.9. The molecule has 1 aromatic heterocycles. The van der Waals surface area contributed by atoms with Crippen LogP contribution >= 0.6 is 0 Å². The Balaban J connectivity index is 1.99. The van der Waals surface area contributed by atoms with E-state index >= 15 is 0 Å². The van der Waals surface area contributed by atoms with E-state index in [0.29, 0.717) is 17.9 Å². The highest BCUT2D eigenvalue weighted by Gasteiger charge is 2.12. The van der Waals surface area contributed by atoms with E-state index in [1.54, 1.807) is 23.0 Å². The predicted octanol–water partition coefficient (Wildman–Crippen LogP) is 2.59. The molecule has 102 valence electrons. The highest BCUT2D eigenvalue weighted by Crippen LogP contribution is 2.28. The number of rotatable bonds is 5. The summed E-state index contributed by atoms with van der Waals surface area (Å²) in [6, 6.07) is 4.50. The van der Waals surface area contributed by atoms with E-state index in [9.17, 15) is 8.78 Å². The second-order valence-corrected chi connectivity index (χ2v) is 4.35. The van der Waals surface area contributed by atoms with Crippen LogP contribution in [-0.4, -0.2) is 16.3 Å². The van der Waals surface area contributed by atoms with Crippen LogP contribution in [0.4, 0.5) is 20.2 Å². The zero-order valence-corrected chi connectivity index (χ0v) is 10.6. The Morgan fingerprint density at radius 2 is 2.21 bits per heavy atom. The van der Waals surface area contributed by atoms with Crippen molar-refractivity contribution in [2.75, 3.05) is 17.6 Å². The largest absolute Gasteiger partial charge is 0.399 e. The van der Waals surface area contributed by atoms with Gasteiger partial charge in [-0.2, -0.15) is 5.10 Å². The highest BCUT2D eigenvalue weighted by atomic mass is 19.3. The molecule has 1 aromatic carbocycles. The van der Waals surface area contributed by atoms with Crippen LogP contribution in [0, 0.1) is 0 Å². The minimum absolute atomic E-state index is 0.0637. The summed E-state index contributed by atoms with van der Waals surface area (Å²) >= 11 is 0. The molecule has 3 N–H and O–H groups in total. The molecule has 0 bridgehead atoms. The number of benzene rings is 1. The maximum Gasteiger partial charge on any atom is 0.265 e. The number of nitrogens with two attached hydrogens (primary N) is 1. The first-order valence-corrected chi connectivity index (χ1v) is 5.95. The molecule has 2 aromatic rings. The van der Waals surface area contributed by atoms with E-state index in [2.05, 4.69) is 10.4 Å². The molecule has 0 saturated heterocycles. The first-order chi connectivity index (χ1) is 9.06. The zero-order chi connectivity index (χ0) is 13.8. The standard InChI is InChI=1S/C13H16F2N4/c1-19-8-9(7-18-19)4-5-17-12-3-2-10(16)6-11(12)13(14)15/h2-3,6-8,13,17H,4-5,16H2,1H3. The number of nitrogens with zero attached hydrogens (tertiary/aromatic N) is 2. The molecule has 4 nitrogen and oxygen atoms in total. The lowest BCUT2D eigenvalue weighted by Crippen LogP contribution is -2.07. The molecule has 0 radical (unpaired) electrons. The van der Waals surface area contributed by atoms with Gasteiger partial charge >= 0.3 is 0 Å². The number of nitrogens with one attached hydrogen (secondary N) is 1. The average molecular weight is 266 g/mol. The molecular formula is C13H16F2N4. The van der Waals surface area contributed by atoms with Crippen LogP contribution in [0.25, 0.3) is 0 Å². The molecule has 0 saturated carbocycles. The zero-order valence-electron chi connectivity index (χ0n) is 10.6. The Morgan fingerprint density at radius 1 is 1.42 bits per heavy atom. The van der Waals surface area contributed by atoms with Crippen molar-refractivity contribution in [1.29, 1.82) is 0 Å². The van der Waals surface area contributed by atoms with Gasteiger partial charge in [0.1, 0.15) is 0 Å². The molecule has 0 fully saturated rings. The van der Waals surface area contributed by atoms with Crippen molar-refractivity contribution < 1.29 is 8.78 Å². The summed E-state index contributed by atoms with van der Waals surface area (Å²) in [5, 5.41) is 7.06. The van der Waals surface area contributed by atoms with Gasteiger partial charge in [-0.15, -0.1) is 0 Å². The van der Waals surface area contributed by atoms with E-state index in [-0.39, 0.29) is 5.56 Å². The number of hydrogen-bond donors (Lipinski definition) is 2. The van der Waals surface area contributed by atoms with Gasteiger partial charge in [-0.05, 0) is 30.2 Å². The molecule has 0 aliphatic heterocycles. The Bertz CT molecular complexity index is 551. The van der Waals surface area contributed by atoms with Crippen LogP contribution in [0.2, 0.25) is 0 Å². The first kappa shape index (κ1) is 13.3. The molecular weight excluding hydrogens is 250 g/mol. The van der Waals surface area contributed by atoms with Crippen LogP contribution in [0.15, 0.2) is 30.6 Å². The van der Waals surface area contributed by atoms with Crippen molar-refractivity contribution in [1.82, 2.24) is 9.78 Å². The van der Waals surface area contributed by atoms with Crippen molar-refractivity contribution in [2.45, 2.75) is 12.8 Å². The number of nitrogen functional groups attached to an aromatic ring is 1. The molecule has 0 amide bonds. The average Bonchev–Trinajstić information content (AvgIpc) is 2.77. The third-order valence-electron chi connectivity index (χ3n) is 2.80. The molecule has 6 heteroatoms. The van der Waals surface area contributed by atoms with E-state index in [0.717, 1.165) is 12.0 Å². The first-order valence-electron chi connectivity index (χ1n) is 5.95. The Morgan fingerprint density at radius 3 is 2.84 bits per heavy atom. The third-order valence-corrected chi connectivity index (χ3v) is 2.80. The van der Waals surface area contributed by atoms with Gasteiger partial charge in [0.05, 0.1) is 6.20 Å². The minimum atomic E-state index is -2.54. The van der Waals surface area contributed by atoms with Crippen molar-refractivity contribution in [3.63, 3.8) is 0 Å². The van der Waals surface area contributed by atoms with Crippen molar-refractivity contribution in [3.05, 3.63) is 41.7 Å². The monoisotopic (exact) mass is 266 g/mol. The minimum Gasteiger partial charge on any atom is -0.399 e. The number of halogens is 2. The lowest BCUT2D eigenvalue weighted by Gasteiger charge is -2.11. The lowest BCUT2D eigenvalue weighted by molar-refractivity contribution is 0.152. The van der Waals surface area contributed by atoms with Gasteiger partial charge in [0.15, 0.2) is 0 Å². The van der Waals surface area contributed by atoms with Crippen LogP contribution in [0.5, 0.6) is 0 Å². The summed E-state index contributed by atoms with van der Waals surface area (Å²) in [5.41, 5.74) is 7.28. The summed E-state index contributed by atoms with van der Waals surface area (Å²) in [7, 11) is 1.84. The molecule has 0 spiro atoms. The topological polar surface area (TPSA) is 55.9 Å². The molecule has 0 aliphatic carbocycles. The smallest absolute Gasteiger partial charge is 0.265 e. The summed E-state index contributed by atoms with van der Waals surface area (Å²) in [6.45, 7) is 0.565. The van der Waals surface area contributed by atoms with Crippen molar-refractivity contribution >= 4 is 11.4 Å².